The number of rotatable bonds is 23. The molecule has 5 fully saturated rings. The zero-order valence-corrected chi connectivity index (χ0v) is 42.3. The molecule has 5 rings (SSSR count). The Balaban J connectivity index is 1.47. The molecule has 5 heterocycles. The van der Waals surface area contributed by atoms with Gasteiger partial charge >= 0.3 is 63.9 Å². The van der Waals surface area contributed by atoms with Gasteiger partial charge in [0.1, 0.15) is 85.5 Å². The predicted octanol–water partition coefficient (Wildman–Crippen LogP) is -12.7. The lowest BCUT2D eigenvalue weighted by Gasteiger charge is -2.50. The van der Waals surface area contributed by atoms with Crippen molar-refractivity contribution in [3.63, 3.8) is 0 Å². The molecule has 0 amide bonds. The van der Waals surface area contributed by atoms with E-state index in [0.29, 0.717) is 0 Å². The monoisotopic (exact) mass is 1250 g/mol. The molecule has 0 bridgehead atoms. The van der Waals surface area contributed by atoms with Crippen LogP contribution in [0, 0.1) is 0 Å². The van der Waals surface area contributed by atoms with Crippen molar-refractivity contribution in [3.8, 4) is 0 Å². The third-order valence-electron chi connectivity index (χ3n) is 11.5. The molecule has 20 N–H and O–H groups in total. The van der Waals surface area contributed by atoms with Gasteiger partial charge in [0.25, 0.3) is 0 Å². The maximum absolute atomic E-state index is 12.7. The molecule has 0 aromatic carbocycles. The maximum atomic E-state index is 12.7. The second-order valence-electron chi connectivity index (χ2n) is 16.9. The summed E-state index contributed by atoms with van der Waals surface area (Å²) in [6, 6.07) is -6.36. The summed E-state index contributed by atoms with van der Waals surface area (Å²) in [6.45, 7) is -4.32. The van der Waals surface area contributed by atoms with Crippen molar-refractivity contribution in [1.82, 2.24) is 0 Å². The Morgan fingerprint density at radius 2 is 0.769 bits per heavy atom. The van der Waals surface area contributed by atoms with Crippen molar-refractivity contribution in [1.29, 1.82) is 0 Å². The molecule has 0 aromatic heterocycles. The lowest BCUT2D eigenvalue weighted by Crippen LogP contribution is -2.70. The van der Waals surface area contributed by atoms with E-state index in [0.717, 1.165) is 0 Å². The lowest BCUT2D eigenvalue weighted by atomic mass is 9.94. The largest absolute Gasteiger partial charge is 0.479 e. The highest BCUT2D eigenvalue weighted by atomic mass is 32.3. The van der Waals surface area contributed by atoms with Gasteiger partial charge in [-0.15, -0.1) is 0 Å². The maximum Gasteiger partial charge on any atom is 0.397 e. The van der Waals surface area contributed by atoms with Crippen LogP contribution in [0.4, 0.5) is 0 Å². The van der Waals surface area contributed by atoms with Gasteiger partial charge in [-0.3, -0.25) is 22.8 Å². The SMILES string of the molecule is N[C@@H]1[C@@H](O)[C@H](O[C@@H]2O[C@H](C(=O)O)[C@H](O[C@H]3O[C@H](COS(=O)(=O)O)[C@@H](O[C@@H]4O[C@H](C(=O)O)[C@@H](O[C@H]5O[C@H](COS(=O)(=O)O)[C@@H](O)[C@H](O)[C@H]5N)[C@H](O)[C@H]4O)[C@H](OS(=O)(=O)O)[C@H]3N)[C@@H](O)[C@@H]2OS(=O)(=O)O)[C@@H](COS(=O)(=O)O)O[C@@H]1O. The summed E-state index contributed by atoms with van der Waals surface area (Å²) < 4.78 is 234. The minimum absolute atomic E-state index is 1.25. The molecular weight excluding hydrogens is 1200 g/mol. The van der Waals surface area contributed by atoms with Gasteiger partial charge in [0.15, 0.2) is 49.8 Å². The number of carbonyl (C=O) groups is 2. The van der Waals surface area contributed by atoms with Crippen LogP contribution in [0.1, 0.15) is 0 Å². The second-order valence-corrected chi connectivity index (χ2v) is 22.2. The van der Waals surface area contributed by atoms with Crippen LogP contribution in [0.5, 0.6) is 0 Å². The summed E-state index contributed by atoms with van der Waals surface area (Å²) >= 11 is 0. The van der Waals surface area contributed by atoms with Crippen LogP contribution in [-0.4, -0.2) is 296 Å². The van der Waals surface area contributed by atoms with Gasteiger partial charge in [-0.2, -0.15) is 42.1 Å². The molecule has 0 unspecified atom stereocenters. The molecule has 0 aliphatic carbocycles. The summed E-state index contributed by atoms with van der Waals surface area (Å²) in [5, 5.41) is 96.1. The number of aliphatic hydroxyl groups is 7. The summed E-state index contributed by atoms with van der Waals surface area (Å²) in [6.07, 6.45) is -55.2. The van der Waals surface area contributed by atoms with E-state index in [9.17, 15) is 111 Å². The van der Waals surface area contributed by atoms with Gasteiger partial charge in [0.05, 0.1) is 37.9 Å². The quantitative estimate of drug-likeness (QED) is 0.0422. The number of hydrogen-bond donors (Lipinski definition) is 17. The third kappa shape index (κ3) is 17.3. The van der Waals surface area contributed by atoms with Gasteiger partial charge in [-0.1, -0.05) is 0 Å². The average Bonchev–Trinajstić information content (AvgIpc) is 3.29. The topological polar surface area (TPSA) is 695 Å². The standard InChI is InChI=1S/C30H51N3O40S5/c31-7-12(36)16(5(63-26(7)44)2-61-75(48,49)50)66-30-21(73-78(57,58)59)15(39)20(23(71-30)25(42)43)69-28-9(33)18(72-77(54,55)56)17(6(65-28)3-62-76(51,52)53)67-29-14(38)13(37)19(22(70-29)24(40)41)68-27-8(32)11(35)10(34)4(64-27)1-60-74(45,46)47/h4-23,26-30,34-39,44H,1-3,31-33H2,(H,40,41)(H,42,43)(H,45,46,47)(H,48,49,50)(H,51,52,53)(H,54,55,56)(H,57,58,59)/t4-,5-,6-,7-,8-,9-,10-,11-,12-,13-,14-,15-,16-,17-,18-,19+,20-,21+,22+,23+,26+,27-,28-,29-,30-/m1/s1. The number of aliphatic hydroxyl groups excluding tert-OH is 7. The molecule has 0 saturated carbocycles. The minimum Gasteiger partial charge on any atom is -0.479 e. The highest BCUT2D eigenvalue weighted by Gasteiger charge is 2.60. The number of aliphatic carboxylic acids is 2. The Bertz CT molecular complexity index is 2660. The van der Waals surface area contributed by atoms with Gasteiger partial charge < -0.3 is 106 Å². The number of ether oxygens (including phenoxy) is 9. The van der Waals surface area contributed by atoms with Crippen molar-refractivity contribution in [3.05, 3.63) is 0 Å². The molecular formula is C30H51N3O40S5. The molecule has 5 aliphatic rings. The number of nitrogens with two attached hydrogens (primary N) is 3. The Morgan fingerprint density at radius 1 is 0.372 bits per heavy atom. The van der Waals surface area contributed by atoms with Crippen molar-refractivity contribution in [2.75, 3.05) is 19.8 Å². The molecule has 456 valence electrons. The molecule has 0 aromatic rings. The molecule has 5 saturated heterocycles. The first kappa shape index (κ1) is 66.3. The highest BCUT2D eigenvalue weighted by molar-refractivity contribution is 7.81. The summed E-state index contributed by atoms with van der Waals surface area (Å²) in [7, 11) is -28.1. The molecule has 0 radical (unpaired) electrons. The van der Waals surface area contributed by atoms with E-state index in [1.54, 1.807) is 0 Å². The third-order valence-corrected chi connectivity index (χ3v) is 13.7. The second kappa shape index (κ2) is 25.6. The van der Waals surface area contributed by atoms with E-state index in [1.165, 1.54) is 0 Å². The number of hydrogen-bond acceptors (Lipinski definition) is 36. The number of carboxylic acids is 2. The Labute approximate surface area is 437 Å². The van der Waals surface area contributed by atoms with Crippen molar-refractivity contribution in [2.45, 2.75) is 153 Å². The van der Waals surface area contributed by atoms with Crippen LogP contribution in [0.25, 0.3) is 0 Å². The first-order valence-corrected chi connectivity index (χ1v) is 28.0. The summed E-state index contributed by atoms with van der Waals surface area (Å²) in [5.74, 6) is -4.40. The van der Waals surface area contributed by atoms with Gasteiger partial charge in [0, 0.05) is 0 Å². The Kier molecular flexibility index (Phi) is 21.7. The van der Waals surface area contributed by atoms with Crippen LogP contribution in [0.3, 0.4) is 0 Å². The van der Waals surface area contributed by atoms with E-state index < -0.39 is 237 Å². The van der Waals surface area contributed by atoms with Crippen LogP contribution in [0.2, 0.25) is 0 Å². The molecule has 78 heavy (non-hydrogen) atoms. The first-order chi connectivity index (χ1) is 35.6. The summed E-state index contributed by atoms with van der Waals surface area (Å²) in [4.78, 5) is 25.3. The normalized spacial score (nSPS) is 42.5. The zero-order valence-electron chi connectivity index (χ0n) is 38.2. The van der Waals surface area contributed by atoms with Gasteiger partial charge in [0.2, 0.25) is 0 Å². The zero-order chi connectivity index (χ0) is 59.1. The van der Waals surface area contributed by atoms with E-state index in [-0.39, 0.29) is 0 Å². The Hall–Kier alpha value is -2.47. The molecule has 0 spiro atoms. The Morgan fingerprint density at radius 3 is 1.24 bits per heavy atom. The number of carboxylic acid groups (broad SMARTS) is 2. The minimum atomic E-state index is -5.95. The van der Waals surface area contributed by atoms with E-state index in [2.05, 4.69) is 20.9 Å². The van der Waals surface area contributed by atoms with Crippen LogP contribution < -0.4 is 17.2 Å². The van der Waals surface area contributed by atoms with E-state index in [4.69, 9.17) is 68.9 Å². The van der Waals surface area contributed by atoms with Crippen molar-refractivity contribution >= 4 is 63.9 Å². The van der Waals surface area contributed by atoms with Crippen LogP contribution in [0.15, 0.2) is 0 Å². The van der Waals surface area contributed by atoms with Crippen molar-refractivity contribution in [2.24, 2.45) is 17.2 Å². The van der Waals surface area contributed by atoms with Crippen molar-refractivity contribution < 1.29 is 184 Å². The van der Waals surface area contributed by atoms with E-state index in [1.807, 2.05) is 0 Å². The summed E-state index contributed by atoms with van der Waals surface area (Å²) in [5.41, 5.74) is 17.7. The highest BCUT2D eigenvalue weighted by Crippen LogP contribution is 2.37. The van der Waals surface area contributed by atoms with Gasteiger partial charge in [-0.25, -0.2) is 30.5 Å². The van der Waals surface area contributed by atoms with Gasteiger partial charge in [-0.05, 0) is 0 Å². The molecule has 43 nitrogen and oxygen atoms in total. The van der Waals surface area contributed by atoms with Crippen LogP contribution >= 0.6 is 0 Å². The fraction of sp³-hybridized carbons (Fsp3) is 0.933. The molecule has 48 heteroatoms. The first-order valence-electron chi connectivity index (χ1n) is 21.1. The molecule has 5 aliphatic heterocycles. The lowest BCUT2D eigenvalue weighted by molar-refractivity contribution is -0.371. The molecule has 25 atom stereocenters. The smallest absolute Gasteiger partial charge is 0.397 e. The predicted molar refractivity (Wildman–Crippen MR) is 226 cm³/mol. The van der Waals surface area contributed by atoms with E-state index >= 15 is 0 Å². The van der Waals surface area contributed by atoms with Crippen LogP contribution in [-0.2, 0) is 125 Å². The fourth-order valence-corrected chi connectivity index (χ4v) is 9.91. The average molecular weight is 1250 g/mol. The fourth-order valence-electron chi connectivity index (χ4n) is 7.98.